The molecule has 0 aliphatic carbocycles. The molecule has 2 N–H and O–H groups in total. The van der Waals surface area contributed by atoms with E-state index in [9.17, 15) is 19.2 Å². The van der Waals surface area contributed by atoms with Gasteiger partial charge in [-0.3, -0.25) is 19.2 Å². The maximum Gasteiger partial charge on any atom is 0.305 e. The van der Waals surface area contributed by atoms with Gasteiger partial charge in [-0.15, -0.1) is 0 Å². The highest BCUT2D eigenvalue weighted by atomic mass is 16.5. The van der Waals surface area contributed by atoms with E-state index in [0.29, 0.717) is 51.7 Å². The van der Waals surface area contributed by atoms with E-state index in [2.05, 4.69) is 13.8 Å². The molecule has 0 rings (SSSR count). The fourth-order valence-electron chi connectivity index (χ4n) is 2.67. The number of aliphatic carboxylic acids is 2. The molecule has 0 fully saturated rings. The summed E-state index contributed by atoms with van der Waals surface area (Å²) in [5, 5.41) is 16.3. The fourth-order valence-corrected chi connectivity index (χ4v) is 2.67. The van der Waals surface area contributed by atoms with Crippen LogP contribution in [0.3, 0.4) is 0 Å². The second kappa shape index (κ2) is 25.1. The standard InChI is InChI=1S/C18H34O4.C6H10O4/c1-3-5-7-11-15-21-17(19)13-9-10-14-18(20)22-16-12-8-6-4-2;7-5(8)3-1-2-4-6(9)10/h3-16H2,1-2H3;1-4H2,(H,7,8)(H,9,10). The molecule has 0 atom stereocenters. The first-order chi connectivity index (χ1) is 15.3. The summed E-state index contributed by atoms with van der Waals surface area (Å²) in [7, 11) is 0. The molecule has 0 amide bonds. The predicted octanol–water partition coefficient (Wildman–Crippen LogP) is 5.51. The Labute approximate surface area is 193 Å². The number of carboxylic acid groups (broad SMARTS) is 2. The maximum absolute atomic E-state index is 11.5. The number of hydrogen-bond acceptors (Lipinski definition) is 6. The van der Waals surface area contributed by atoms with Crippen molar-refractivity contribution >= 4 is 23.9 Å². The molecule has 0 bridgehead atoms. The van der Waals surface area contributed by atoms with Crippen molar-refractivity contribution in [1.82, 2.24) is 0 Å². The monoisotopic (exact) mass is 460 g/mol. The van der Waals surface area contributed by atoms with E-state index in [4.69, 9.17) is 19.7 Å². The molecule has 0 unspecified atom stereocenters. The molecule has 8 heteroatoms. The summed E-state index contributed by atoms with van der Waals surface area (Å²) in [5.74, 6) is -2.04. The van der Waals surface area contributed by atoms with Crippen LogP contribution < -0.4 is 0 Å². The van der Waals surface area contributed by atoms with Crippen LogP contribution in [0, 0.1) is 0 Å². The Morgan fingerprint density at radius 2 is 0.844 bits per heavy atom. The van der Waals surface area contributed by atoms with E-state index in [1.807, 2.05) is 0 Å². The average Bonchev–Trinajstić information content (AvgIpc) is 2.74. The molecule has 0 aliphatic rings. The van der Waals surface area contributed by atoms with Gasteiger partial charge in [0.2, 0.25) is 0 Å². The molecule has 0 spiro atoms. The van der Waals surface area contributed by atoms with Crippen molar-refractivity contribution in [3.05, 3.63) is 0 Å². The Bertz CT molecular complexity index is 446. The van der Waals surface area contributed by atoms with Crippen LogP contribution in [-0.4, -0.2) is 47.3 Å². The van der Waals surface area contributed by atoms with Gasteiger partial charge < -0.3 is 19.7 Å². The lowest BCUT2D eigenvalue weighted by atomic mass is 10.2. The third-order valence-electron chi connectivity index (χ3n) is 4.56. The van der Waals surface area contributed by atoms with Crippen LogP contribution >= 0.6 is 0 Å². The third kappa shape index (κ3) is 30.1. The van der Waals surface area contributed by atoms with Crippen molar-refractivity contribution in [3.63, 3.8) is 0 Å². The number of unbranched alkanes of at least 4 members (excludes halogenated alkanes) is 8. The van der Waals surface area contributed by atoms with Crippen LogP contribution in [0.4, 0.5) is 0 Å². The van der Waals surface area contributed by atoms with E-state index in [1.165, 1.54) is 25.7 Å². The van der Waals surface area contributed by atoms with Crippen LogP contribution in [0.5, 0.6) is 0 Å². The molecular weight excluding hydrogens is 416 g/mol. The van der Waals surface area contributed by atoms with Gasteiger partial charge in [0, 0.05) is 25.7 Å². The first kappa shape index (κ1) is 32.1. The minimum absolute atomic E-state index is 0.0628. The third-order valence-corrected chi connectivity index (χ3v) is 4.56. The van der Waals surface area contributed by atoms with Crippen molar-refractivity contribution in [2.75, 3.05) is 13.2 Å². The molecular formula is C24H44O8. The number of hydrogen-bond donors (Lipinski definition) is 2. The van der Waals surface area contributed by atoms with Crippen LogP contribution in [0.2, 0.25) is 0 Å². The van der Waals surface area contributed by atoms with E-state index >= 15 is 0 Å². The average molecular weight is 461 g/mol. The Kier molecular flexibility index (Phi) is 25.2. The first-order valence-electron chi connectivity index (χ1n) is 12.1. The molecule has 0 saturated heterocycles. The number of carboxylic acids is 2. The van der Waals surface area contributed by atoms with Gasteiger partial charge in [-0.2, -0.15) is 0 Å². The van der Waals surface area contributed by atoms with Gasteiger partial charge in [-0.25, -0.2) is 0 Å². The Balaban J connectivity index is 0. The second-order valence-corrected chi connectivity index (χ2v) is 7.76. The van der Waals surface area contributed by atoms with Gasteiger partial charge in [-0.1, -0.05) is 52.4 Å². The number of esters is 2. The van der Waals surface area contributed by atoms with Crippen LogP contribution in [0.15, 0.2) is 0 Å². The summed E-state index contributed by atoms with van der Waals surface area (Å²) in [5.41, 5.74) is 0. The van der Waals surface area contributed by atoms with Gasteiger partial charge in [0.15, 0.2) is 0 Å². The SMILES string of the molecule is CCCCCCOC(=O)CCCCC(=O)OCCCCCC.O=C(O)CCCCC(=O)O. The van der Waals surface area contributed by atoms with E-state index in [-0.39, 0.29) is 24.8 Å². The molecule has 0 aliphatic heterocycles. The minimum atomic E-state index is -0.870. The number of carbonyl (C=O) groups excluding carboxylic acids is 2. The molecule has 188 valence electrons. The number of carbonyl (C=O) groups is 4. The fraction of sp³-hybridized carbons (Fsp3) is 0.833. The lowest BCUT2D eigenvalue weighted by molar-refractivity contribution is -0.146. The Hall–Kier alpha value is -2.12. The summed E-state index contributed by atoms with van der Waals surface area (Å²) in [6.07, 6.45) is 12.1. The molecule has 8 nitrogen and oxygen atoms in total. The van der Waals surface area contributed by atoms with E-state index in [1.54, 1.807) is 0 Å². The van der Waals surface area contributed by atoms with Crippen molar-refractivity contribution in [1.29, 1.82) is 0 Å². The van der Waals surface area contributed by atoms with Gasteiger partial charge in [0.25, 0.3) is 0 Å². The summed E-state index contributed by atoms with van der Waals surface area (Å²) in [6.45, 7) is 5.36. The lowest BCUT2D eigenvalue weighted by Gasteiger charge is -2.05. The maximum atomic E-state index is 11.5. The number of rotatable bonds is 20. The second-order valence-electron chi connectivity index (χ2n) is 7.76. The molecule has 0 saturated carbocycles. The van der Waals surface area contributed by atoms with Gasteiger partial charge >= 0.3 is 23.9 Å². The quantitative estimate of drug-likeness (QED) is 0.180. The van der Waals surface area contributed by atoms with Crippen molar-refractivity contribution in [3.8, 4) is 0 Å². The van der Waals surface area contributed by atoms with Gasteiger partial charge in [-0.05, 0) is 38.5 Å². The molecule has 0 aromatic heterocycles. The van der Waals surface area contributed by atoms with Crippen molar-refractivity contribution in [2.45, 2.75) is 117 Å². The normalized spacial score (nSPS) is 10.1. The number of ether oxygens (including phenoxy) is 2. The Morgan fingerprint density at radius 3 is 1.16 bits per heavy atom. The zero-order valence-electron chi connectivity index (χ0n) is 20.1. The lowest BCUT2D eigenvalue weighted by Crippen LogP contribution is -2.08. The summed E-state index contributed by atoms with van der Waals surface area (Å²) in [6, 6.07) is 0. The van der Waals surface area contributed by atoms with Gasteiger partial charge in [0.1, 0.15) is 0 Å². The van der Waals surface area contributed by atoms with Crippen LogP contribution in [0.25, 0.3) is 0 Å². The van der Waals surface area contributed by atoms with Crippen molar-refractivity contribution < 1.29 is 38.9 Å². The largest absolute Gasteiger partial charge is 0.481 e. The topological polar surface area (TPSA) is 127 Å². The van der Waals surface area contributed by atoms with Crippen LogP contribution in [0.1, 0.15) is 117 Å². The summed E-state index contributed by atoms with van der Waals surface area (Å²) >= 11 is 0. The molecule has 0 heterocycles. The summed E-state index contributed by atoms with van der Waals surface area (Å²) in [4.78, 5) is 42.7. The highest BCUT2D eigenvalue weighted by Gasteiger charge is 2.06. The van der Waals surface area contributed by atoms with E-state index < -0.39 is 11.9 Å². The molecule has 0 radical (unpaired) electrons. The molecule has 32 heavy (non-hydrogen) atoms. The van der Waals surface area contributed by atoms with E-state index in [0.717, 1.165) is 25.7 Å². The minimum Gasteiger partial charge on any atom is -0.481 e. The highest BCUT2D eigenvalue weighted by Crippen LogP contribution is 2.06. The smallest absolute Gasteiger partial charge is 0.305 e. The molecule has 0 aromatic rings. The van der Waals surface area contributed by atoms with Crippen molar-refractivity contribution in [2.24, 2.45) is 0 Å². The van der Waals surface area contributed by atoms with Crippen LogP contribution in [-0.2, 0) is 28.7 Å². The summed E-state index contributed by atoms with van der Waals surface area (Å²) < 4.78 is 10.3. The predicted molar refractivity (Wildman–Crippen MR) is 122 cm³/mol. The Morgan fingerprint density at radius 1 is 0.500 bits per heavy atom. The first-order valence-corrected chi connectivity index (χ1v) is 12.1. The van der Waals surface area contributed by atoms with Gasteiger partial charge in [0.05, 0.1) is 13.2 Å². The zero-order valence-corrected chi connectivity index (χ0v) is 20.1. The molecule has 0 aromatic carbocycles. The zero-order chi connectivity index (χ0) is 24.5. The highest BCUT2D eigenvalue weighted by molar-refractivity contribution is 5.70.